The highest BCUT2D eigenvalue weighted by Crippen LogP contribution is 2.28. The molecule has 144 valence electrons. The van der Waals surface area contributed by atoms with E-state index in [9.17, 15) is 4.79 Å². The van der Waals surface area contributed by atoms with Gasteiger partial charge in [-0.25, -0.2) is 0 Å². The van der Waals surface area contributed by atoms with Crippen molar-refractivity contribution < 1.29 is 4.79 Å². The molecule has 0 spiro atoms. The molecule has 0 radical (unpaired) electrons. The summed E-state index contributed by atoms with van der Waals surface area (Å²) in [5, 5.41) is 3.13. The van der Waals surface area contributed by atoms with Crippen molar-refractivity contribution in [2.75, 3.05) is 39.8 Å². The molecule has 26 heavy (non-hydrogen) atoms. The van der Waals surface area contributed by atoms with Crippen LogP contribution in [0.2, 0.25) is 0 Å². The number of carbonyl (C=O) groups excluding carboxylic acids is 1. The van der Waals surface area contributed by atoms with Crippen LogP contribution in [0.15, 0.2) is 30.3 Å². The first-order valence-electron chi connectivity index (χ1n) is 10.5. The summed E-state index contributed by atoms with van der Waals surface area (Å²) in [5.41, 5.74) is 1.40. The van der Waals surface area contributed by atoms with Gasteiger partial charge in [0.15, 0.2) is 0 Å². The van der Waals surface area contributed by atoms with Crippen LogP contribution < -0.4 is 5.32 Å². The molecule has 1 aliphatic heterocycles. The fourth-order valence-corrected chi connectivity index (χ4v) is 4.45. The van der Waals surface area contributed by atoms with Crippen LogP contribution in [0.1, 0.15) is 56.6 Å². The van der Waals surface area contributed by atoms with Gasteiger partial charge in [-0.05, 0) is 31.4 Å². The van der Waals surface area contributed by atoms with E-state index < -0.39 is 0 Å². The Bertz CT molecular complexity index is 542. The summed E-state index contributed by atoms with van der Waals surface area (Å²) in [7, 11) is 2.21. The number of nitrogens with zero attached hydrogens (tertiary/aromatic N) is 2. The molecule has 1 saturated carbocycles. The van der Waals surface area contributed by atoms with E-state index in [1.165, 1.54) is 31.2 Å². The van der Waals surface area contributed by atoms with Crippen LogP contribution in [-0.2, 0) is 4.79 Å². The van der Waals surface area contributed by atoms with Gasteiger partial charge in [-0.3, -0.25) is 9.69 Å². The van der Waals surface area contributed by atoms with Gasteiger partial charge in [-0.1, -0.05) is 56.0 Å². The number of hydrogen-bond acceptors (Lipinski definition) is 3. The van der Waals surface area contributed by atoms with E-state index in [4.69, 9.17) is 0 Å². The zero-order valence-electron chi connectivity index (χ0n) is 16.3. The summed E-state index contributed by atoms with van der Waals surface area (Å²) in [6.07, 6.45) is 8.21. The second-order valence-corrected chi connectivity index (χ2v) is 8.12. The first-order chi connectivity index (χ1) is 12.7. The number of hydrogen-bond donors (Lipinski definition) is 1. The molecular weight excluding hydrogens is 322 g/mol. The maximum Gasteiger partial charge on any atom is 0.220 e. The molecule has 2 fully saturated rings. The highest BCUT2D eigenvalue weighted by molar-refractivity contribution is 5.75. The Kier molecular flexibility index (Phi) is 7.51. The van der Waals surface area contributed by atoms with E-state index in [0.29, 0.717) is 12.5 Å². The van der Waals surface area contributed by atoms with Crippen molar-refractivity contribution in [2.24, 2.45) is 5.92 Å². The Morgan fingerprint density at radius 2 is 1.92 bits per heavy atom. The largest absolute Gasteiger partial charge is 0.356 e. The second-order valence-electron chi connectivity index (χ2n) is 8.12. The lowest BCUT2D eigenvalue weighted by Crippen LogP contribution is -2.47. The third-order valence-corrected chi connectivity index (χ3v) is 6.08. The van der Waals surface area contributed by atoms with Crippen molar-refractivity contribution in [1.29, 1.82) is 0 Å². The van der Waals surface area contributed by atoms with Crippen LogP contribution in [0, 0.1) is 5.92 Å². The second kappa shape index (κ2) is 10.1. The number of amides is 1. The van der Waals surface area contributed by atoms with Crippen LogP contribution in [-0.4, -0.2) is 55.5 Å². The quantitative estimate of drug-likeness (QED) is 0.724. The van der Waals surface area contributed by atoms with Gasteiger partial charge in [-0.2, -0.15) is 0 Å². The minimum absolute atomic E-state index is 0.245. The molecular formula is C22H35N3O. The minimum Gasteiger partial charge on any atom is -0.356 e. The lowest BCUT2D eigenvalue weighted by molar-refractivity contribution is -0.121. The first-order valence-corrected chi connectivity index (χ1v) is 10.5. The number of carbonyl (C=O) groups is 1. The van der Waals surface area contributed by atoms with Crippen molar-refractivity contribution in [3.05, 3.63) is 35.9 Å². The average molecular weight is 358 g/mol. The highest BCUT2D eigenvalue weighted by Gasteiger charge is 2.26. The zero-order valence-corrected chi connectivity index (χ0v) is 16.3. The number of nitrogens with one attached hydrogen (secondary N) is 1. The summed E-state index contributed by atoms with van der Waals surface area (Å²) in [6, 6.07) is 11.3. The smallest absolute Gasteiger partial charge is 0.220 e. The van der Waals surface area contributed by atoms with Crippen molar-refractivity contribution in [1.82, 2.24) is 15.1 Å². The highest BCUT2D eigenvalue weighted by atomic mass is 16.1. The topological polar surface area (TPSA) is 35.6 Å². The van der Waals surface area contributed by atoms with Gasteiger partial charge in [0.2, 0.25) is 5.91 Å². The Labute approximate surface area is 158 Å². The predicted molar refractivity (Wildman–Crippen MR) is 107 cm³/mol. The number of rotatable bonds is 8. The molecule has 1 aliphatic carbocycles. The van der Waals surface area contributed by atoms with E-state index in [2.05, 4.69) is 52.5 Å². The Hall–Kier alpha value is -1.39. The van der Waals surface area contributed by atoms with E-state index >= 15 is 0 Å². The maximum absolute atomic E-state index is 12.0. The maximum atomic E-state index is 12.0. The summed E-state index contributed by atoms with van der Waals surface area (Å²) < 4.78 is 0. The van der Waals surface area contributed by atoms with Crippen LogP contribution in [0.25, 0.3) is 0 Å². The molecule has 1 saturated heterocycles. The Morgan fingerprint density at radius 1 is 1.15 bits per heavy atom. The minimum atomic E-state index is 0.245. The van der Waals surface area contributed by atoms with E-state index in [1.54, 1.807) is 0 Å². The monoisotopic (exact) mass is 357 g/mol. The SMILES string of the molecule is CN1CCN(CCCNC(=O)CCC2CCCC2)C(c2ccccc2)C1. The molecule has 1 aromatic carbocycles. The molecule has 4 heteroatoms. The van der Waals surface area contributed by atoms with E-state index in [-0.39, 0.29) is 5.91 Å². The lowest BCUT2D eigenvalue weighted by atomic mass is 10.0. The summed E-state index contributed by atoms with van der Waals surface area (Å²) >= 11 is 0. The number of piperazine rings is 1. The summed E-state index contributed by atoms with van der Waals surface area (Å²) in [5.74, 6) is 1.05. The van der Waals surface area contributed by atoms with Gasteiger partial charge in [0.1, 0.15) is 0 Å². The molecule has 0 bridgehead atoms. The third-order valence-electron chi connectivity index (χ3n) is 6.08. The molecule has 0 aromatic heterocycles. The summed E-state index contributed by atoms with van der Waals surface area (Å²) in [6.45, 7) is 5.16. The number of likely N-dealkylation sites (N-methyl/N-ethyl adjacent to an activating group) is 1. The molecule has 1 aromatic rings. The van der Waals surface area contributed by atoms with Gasteiger partial charge >= 0.3 is 0 Å². The third kappa shape index (κ3) is 5.82. The molecule has 4 nitrogen and oxygen atoms in total. The average Bonchev–Trinajstić information content (AvgIpc) is 3.19. The Morgan fingerprint density at radius 3 is 2.69 bits per heavy atom. The summed E-state index contributed by atoms with van der Waals surface area (Å²) in [4.78, 5) is 17.0. The predicted octanol–water partition coefficient (Wildman–Crippen LogP) is 3.45. The van der Waals surface area contributed by atoms with Crippen molar-refractivity contribution in [3.63, 3.8) is 0 Å². The van der Waals surface area contributed by atoms with E-state index in [1.807, 2.05) is 0 Å². The van der Waals surface area contributed by atoms with Crippen LogP contribution in [0.4, 0.5) is 0 Å². The normalized spacial score (nSPS) is 22.6. The lowest BCUT2D eigenvalue weighted by Gasteiger charge is -2.40. The van der Waals surface area contributed by atoms with Gasteiger partial charge in [-0.15, -0.1) is 0 Å². The molecule has 1 amide bonds. The Balaban J connectivity index is 1.37. The van der Waals surface area contributed by atoms with Crippen molar-refractivity contribution in [3.8, 4) is 0 Å². The molecule has 1 unspecified atom stereocenters. The first kappa shape index (κ1) is 19.4. The van der Waals surface area contributed by atoms with Crippen LogP contribution in [0.5, 0.6) is 0 Å². The van der Waals surface area contributed by atoms with Gasteiger partial charge < -0.3 is 10.2 Å². The molecule has 1 N–H and O–H groups in total. The van der Waals surface area contributed by atoms with Gasteiger partial charge in [0.05, 0.1) is 0 Å². The fourth-order valence-electron chi connectivity index (χ4n) is 4.45. The van der Waals surface area contributed by atoms with Crippen LogP contribution in [0.3, 0.4) is 0 Å². The zero-order chi connectivity index (χ0) is 18.2. The fraction of sp³-hybridized carbons (Fsp3) is 0.682. The molecule has 1 atom stereocenters. The molecule has 2 aliphatic rings. The molecule has 3 rings (SSSR count). The van der Waals surface area contributed by atoms with Gasteiger partial charge in [0, 0.05) is 45.2 Å². The standard InChI is InChI=1S/C22H35N3O/c1-24-16-17-25(21(18-24)20-10-3-2-4-11-20)15-7-14-23-22(26)13-12-19-8-5-6-9-19/h2-4,10-11,19,21H,5-9,12-18H2,1H3,(H,23,26). The van der Waals surface area contributed by atoms with Crippen molar-refractivity contribution in [2.45, 2.75) is 51.0 Å². The van der Waals surface area contributed by atoms with E-state index in [0.717, 1.165) is 51.5 Å². The van der Waals surface area contributed by atoms with Gasteiger partial charge in [0.25, 0.3) is 0 Å². The molecule has 1 heterocycles. The van der Waals surface area contributed by atoms with Crippen molar-refractivity contribution >= 4 is 5.91 Å². The van der Waals surface area contributed by atoms with Crippen LogP contribution >= 0.6 is 0 Å². The number of benzene rings is 1.